The molecule has 1 aliphatic rings. The molecule has 1 atom stereocenters. The van der Waals surface area contributed by atoms with Gasteiger partial charge in [-0.2, -0.15) is 0 Å². The zero-order valence-electron chi connectivity index (χ0n) is 10.3. The molecule has 0 unspecified atom stereocenters. The van der Waals surface area contributed by atoms with Crippen molar-refractivity contribution in [2.45, 2.75) is 12.5 Å². The molecule has 1 fully saturated rings. The Bertz CT molecular complexity index is 486. The Morgan fingerprint density at radius 2 is 1.61 bits per heavy atom. The number of ether oxygens (including phenoxy) is 1. The van der Waals surface area contributed by atoms with Gasteiger partial charge in [-0.15, -0.1) is 0 Å². The van der Waals surface area contributed by atoms with Crippen LogP contribution in [0.4, 0.5) is 0 Å². The van der Waals surface area contributed by atoms with Crippen molar-refractivity contribution in [3.8, 4) is 16.9 Å². The van der Waals surface area contributed by atoms with Crippen molar-refractivity contribution >= 4 is 0 Å². The highest BCUT2D eigenvalue weighted by molar-refractivity contribution is 5.63. The summed E-state index contributed by atoms with van der Waals surface area (Å²) >= 11 is 0. The second-order valence-corrected chi connectivity index (χ2v) is 4.62. The minimum absolute atomic E-state index is 0.326. The van der Waals surface area contributed by atoms with Gasteiger partial charge in [0.15, 0.2) is 0 Å². The fourth-order valence-corrected chi connectivity index (χ4v) is 2.28. The lowest BCUT2D eigenvalue weighted by Crippen LogP contribution is -2.19. The fraction of sp³-hybridized carbons (Fsp3) is 0.250. The monoisotopic (exact) mass is 239 g/mol. The largest absolute Gasteiger partial charge is 0.489 e. The molecule has 1 saturated heterocycles. The van der Waals surface area contributed by atoms with Gasteiger partial charge in [0, 0.05) is 6.54 Å². The van der Waals surface area contributed by atoms with E-state index in [9.17, 15) is 0 Å². The van der Waals surface area contributed by atoms with E-state index in [0.717, 1.165) is 25.3 Å². The van der Waals surface area contributed by atoms with Gasteiger partial charge in [-0.1, -0.05) is 42.5 Å². The Balaban J connectivity index is 1.72. The maximum absolute atomic E-state index is 5.90. The van der Waals surface area contributed by atoms with E-state index >= 15 is 0 Å². The van der Waals surface area contributed by atoms with Gasteiger partial charge in [0.1, 0.15) is 11.9 Å². The molecule has 0 saturated carbocycles. The van der Waals surface area contributed by atoms with Crippen LogP contribution in [-0.2, 0) is 0 Å². The van der Waals surface area contributed by atoms with Gasteiger partial charge in [0.25, 0.3) is 0 Å². The third-order valence-corrected chi connectivity index (χ3v) is 3.28. The highest BCUT2D eigenvalue weighted by Gasteiger charge is 2.15. The molecule has 1 aliphatic heterocycles. The molecule has 1 N–H and O–H groups in total. The molecule has 0 radical (unpaired) electrons. The molecule has 0 amide bonds. The average Bonchev–Trinajstić information content (AvgIpc) is 2.94. The van der Waals surface area contributed by atoms with Crippen LogP contribution in [0.5, 0.6) is 5.75 Å². The van der Waals surface area contributed by atoms with Crippen LogP contribution in [0.25, 0.3) is 11.1 Å². The van der Waals surface area contributed by atoms with E-state index in [-0.39, 0.29) is 0 Å². The van der Waals surface area contributed by atoms with Gasteiger partial charge >= 0.3 is 0 Å². The Kier molecular flexibility index (Phi) is 3.29. The topological polar surface area (TPSA) is 21.3 Å². The van der Waals surface area contributed by atoms with Crippen molar-refractivity contribution in [3.63, 3.8) is 0 Å². The molecule has 2 nitrogen and oxygen atoms in total. The van der Waals surface area contributed by atoms with E-state index in [1.807, 2.05) is 6.07 Å². The fourth-order valence-electron chi connectivity index (χ4n) is 2.28. The summed E-state index contributed by atoms with van der Waals surface area (Å²) in [5, 5.41) is 3.30. The number of benzene rings is 2. The SMILES string of the molecule is c1ccc(-c2ccc(O[C@@H]3CCNC3)cc2)cc1. The Hall–Kier alpha value is -1.80. The molecule has 1 heterocycles. The first-order valence-electron chi connectivity index (χ1n) is 6.45. The second kappa shape index (κ2) is 5.23. The summed E-state index contributed by atoms with van der Waals surface area (Å²) in [5.41, 5.74) is 2.47. The first-order chi connectivity index (χ1) is 8.92. The quantitative estimate of drug-likeness (QED) is 0.888. The van der Waals surface area contributed by atoms with Crippen LogP contribution in [0.15, 0.2) is 54.6 Å². The van der Waals surface area contributed by atoms with Gasteiger partial charge in [-0.3, -0.25) is 0 Å². The van der Waals surface area contributed by atoms with Crippen molar-refractivity contribution < 1.29 is 4.74 Å². The predicted molar refractivity (Wildman–Crippen MR) is 73.8 cm³/mol. The Labute approximate surface area is 108 Å². The van der Waals surface area contributed by atoms with Crippen molar-refractivity contribution in [2.24, 2.45) is 0 Å². The Morgan fingerprint density at radius 3 is 2.28 bits per heavy atom. The third kappa shape index (κ3) is 2.54. The number of hydrogen-bond donors (Lipinski definition) is 1. The smallest absolute Gasteiger partial charge is 0.119 e. The molecule has 2 aromatic rings. The highest BCUT2D eigenvalue weighted by Crippen LogP contribution is 2.23. The second-order valence-electron chi connectivity index (χ2n) is 4.62. The highest BCUT2D eigenvalue weighted by atomic mass is 16.5. The number of nitrogens with one attached hydrogen (secondary N) is 1. The summed E-state index contributed by atoms with van der Waals surface area (Å²) in [5.74, 6) is 0.961. The molecular weight excluding hydrogens is 222 g/mol. The summed E-state index contributed by atoms with van der Waals surface area (Å²) in [6.07, 6.45) is 1.42. The molecule has 0 bridgehead atoms. The zero-order chi connectivity index (χ0) is 12.2. The maximum atomic E-state index is 5.90. The van der Waals surface area contributed by atoms with Crippen LogP contribution >= 0.6 is 0 Å². The molecule has 2 aromatic carbocycles. The van der Waals surface area contributed by atoms with Gasteiger partial charge in [-0.05, 0) is 36.2 Å². The van der Waals surface area contributed by atoms with Crippen LogP contribution in [0.1, 0.15) is 6.42 Å². The summed E-state index contributed by atoms with van der Waals surface area (Å²) in [7, 11) is 0. The lowest BCUT2D eigenvalue weighted by Gasteiger charge is -2.12. The van der Waals surface area contributed by atoms with Crippen molar-refractivity contribution in [3.05, 3.63) is 54.6 Å². The van der Waals surface area contributed by atoms with E-state index in [1.54, 1.807) is 0 Å². The van der Waals surface area contributed by atoms with Crippen LogP contribution in [0.3, 0.4) is 0 Å². The Morgan fingerprint density at radius 1 is 0.889 bits per heavy atom. The maximum Gasteiger partial charge on any atom is 0.119 e. The van der Waals surface area contributed by atoms with Crippen LogP contribution in [0.2, 0.25) is 0 Å². The summed E-state index contributed by atoms with van der Waals surface area (Å²) < 4.78 is 5.90. The van der Waals surface area contributed by atoms with Crippen LogP contribution < -0.4 is 10.1 Å². The van der Waals surface area contributed by atoms with Gasteiger partial charge < -0.3 is 10.1 Å². The van der Waals surface area contributed by atoms with E-state index in [0.29, 0.717) is 6.10 Å². The van der Waals surface area contributed by atoms with E-state index < -0.39 is 0 Å². The van der Waals surface area contributed by atoms with Gasteiger partial charge in [-0.25, -0.2) is 0 Å². The van der Waals surface area contributed by atoms with Crippen molar-refractivity contribution in [2.75, 3.05) is 13.1 Å². The lowest BCUT2D eigenvalue weighted by molar-refractivity contribution is 0.223. The van der Waals surface area contributed by atoms with E-state index in [1.165, 1.54) is 11.1 Å². The van der Waals surface area contributed by atoms with Gasteiger partial charge in [0.05, 0.1) is 0 Å². The third-order valence-electron chi connectivity index (χ3n) is 3.28. The molecule has 92 valence electrons. The first kappa shape index (κ1) is 11.3. The number of rotatable bonds is 3. The summed E-state index contributed by atoms with van der Waals surface area (Å²) in [6, 6.07) is 18.7. The molecule has 2 heteroatoms. The normalized spacial score (nSPS) is 18.8. The van der Waals surface area contributed by atoms with E-state index in [4.69, 9.17) is 4.74 Å². The molecule has 0 aliphatic carbocycles. The predicted octanol–water partition coefficient (Wildman–Crippen LogP) is 3.09. The number of hydrogen-bond acceptors (Lipinski definition) is 2. The summed E-state index contributed by atoms with van der Waals surface area (Å²) in [6.45, 7) is 2.02. The first-order valence-corrected chi connectivity index (χ1v) is 6.45. The standard InChI is InChI=1S/C16H17NO/c1-2-4-13(5-3-1)14-6-8-15(9-7-14)18-16-10-11-17-12-16/h1-9,16-17H,10-12H2/t16-/m1/s1. The minimum atomic E-state index is 0.326. The van der Waals surface area contributed by atoms with Gasteiger partial charge in [0.2, 0.25) is 0 Å². The van der Waals surface area contributed by atoms with Crippen molar-refractivity contribution in [1.29, 1.82) is 0 Å². The average molecular weight is 239 g/mol. The molecule has 18 heavy (non-hydrogen) atoms. The minimum Gasteiger partial charge on any atom is -0.489 e. The van der Waals surface area contributed by atoms with Crippen LogP contribution in [0, 0.1) is 0 Å². The molecule has 0 spiro atoms. The van der Waals surface area contributed by atoms with Crippen LogP contribution in [-0.4, -0.2) is 19.2 Å². The molecule has 3 rings (SSSR count). The lowest BCUT2D eigenvalue weighted by atomic mass is 10.1. The molecular formula is C16H17NO. The summed E-state index contributed by atoms with van der Waals surface area (Å²) in [4.78, 5) is 0. The molecule has 0 aromatic heterocycles. The van der Waals surface area contributed by atoms with E-state index in [2.05, 4.69) is 53.8 Å². The zero-order valence-corrected chi connectivity index (χ0v) is 10.3. The van der Waals surface area contributed by atoms with Crippen molar-refractivity contribution in [1.82, 2.24) is 5.32 Å².